The minimum absolute atomic E-state index is 0.0713. The first-order valence-corrected chi connectivity index (χ1v) is 6.53. The van der Waals surface area contributed by atoms with Crippen LogP contribution in [0.5, 0.6) is 0 Å². The summed E-state index contributed by atoms with van der Waals surface area (Å²) in [5.74, 6) is -0.0713. The maximum absolute atomic E-state index is 12.0. The number of hydrogen-bond donors (Lipinski definition) is 2. The van der Waals surface area contributed by atoms with Crippen molar-refractivity contribution < 1.29 is 4.79 Å². The Hall–Kier alpha value is -1.55. The lowest BCUT2D eigenvalue weighted by Crippen LogP contribution is -2.31. The Kier molecular flexibility index (Phi) is 3.33. The van der Waals surface area contributed by atoms with E-state index in [1.807, 2.05) is 38.1 Å². The Morgan fingerprint density at radius 3 is 2.82 bits per heavy atom. The van der Waals surface area contributed by atoms with Gasteiger partial charge in [0.15, 0.2) is 0 Å². The molecule has 0 aliphatic rings. The first-order valence-electron chi connectivity index (χ1n) is 5.71. The smallest absolute Gasteiger partial charge is 0.263 e. The molecule has 2 aromatic rings. The number of hydrogen-bond acceptors (Lipinski definition) is 3. The predicted molar refractivity (Wildman–Crippen MR) is 73.5 cm³/mol. The van der Waals surface area contributed by atoms with E-state index in [1.54, 1.807) is 0 Å². The number of carbonyl (C=O) groups is 1. The molecule has 0 aliphatic heterocycles. The molecule has 1 aromatic carbocycles. The van der Waals surface area contributed by atoms with Crippen LogP contribution in [0, 0.1) is 0 Å². The molecule has 0 aliphatic carbocycles. The van der Waals surface area contributed by atoms with Gasteiger partial charge in [-0.2, -0.15) is 0 Å². The molecule has 0 saturated carbocycles. The Balaban J connectivity index is 2.35. The molecule has 1 aromatic heterocycles. The van der Waals surface area contributed by atoms with E-state index in [9.17, 15) is 4.79 Å². The predicted octanol–water partition coefficient (Wildman–Crippen LogP) is 3.01. The third kappa shape index (κ3) is 2.26. The molecule has 0 fully saturated rings. The average molecular weight is 248 g/mol. The van der Waals surface area contributed by atoms with Crippen molar-refractivity contribution in [3.8, 4) is 0 Å². The standard InChI is InChI=1S/C13H16N2OS/c1-3-8(2)15-13(16)12-11(14)9-6-4-5-7-10(9)17-12/h4-8H,3,14H2,1-2H3,(H,15,16). The molecular weight excluding hydrogens is 232 g/mol. The van der Waals surface area contributed by atoms with Crippen LogP contribution in [0.4, 0.5) is 5.69 Å². The zero-order valence-electron chi connectivity index (χ0n) is 9.99. The summed E-state index contributed by atoms with van der Waals surface area (Å²) in [6.45, 7) is 4.03. The maximum atomic E-state index is 12.0. The van der Waals surface area contributed by atoms with Crippen LogP contribution in [0.15, 0.2) is 24.3 Å². The van der Waals surface area contributed by atoms with Crippen LogP contribution < -0.4 is 11.1 Å². The summed E-state index contributed by atoms with van der Waals surface area (Å²) in [5, 5.41) is 3.90. The van der Waals surface area contributed by atoms with Gasteiger partial charge in [0.25, 0.3) is 5.91 Å². The van der Waals surface area contributed by atoms with Gasteiger partial charge in [-0.1, -0.05) is 25.1 Å². The molecule has 3 N–H and O–H groups in total. The largest absolute Gasteiger partial charge is 0.397 e. The minimum atomic E-state index is -0.0713. The van der Waals surface area contributed by atoms with Crippen LogP contribution in [0.3, 0.4) is 0 Å². The number of nitrogens with two attached hydrogens (primary N) is 1. The molecule has 0 spiro atoms. The molecular formula is C13H16N2OS. The SMILES string of the molecule is CCC(C)NC(=O)c1sc2ccccc2c1N. The van der Waals surface area contributed by atoms with E-state index in [0.717, 1.165) is 16.5 Å². The fraction of sp³-hybridized carbons (Fsp3) is 0.308. The van der Waals surface area contributed by atoms with E-state index in [0.29, 0.717) is 10.6 Å². The fourth-order valence-electron chi connectivity index (χ4n) is 1.63. The van der Waals surface area contributed by atoms with Crippen LogP contribution >= 0.6 is 11.3 Å². The Labute approximate surface area is 105 Å². The molecule has 0 bridgehead atoms. The maximum Gasteiger partial charge on any atom is 0.263 e. The van der Waals surface area contributed by atoms with Gasteiger partial charge >= 0.3 is 0 Å². The number of nitrogen functional groups attached to an aromatic ring is 1. The van der Waals surface area contributed by atoms with Gasteiger partial charge < -0.3 is 11.1 Å². The van der Waals surface area contributed by atoms with Crippen LogP contribution in [0.1, 0.15) is 29.9 Å². The van der Waals surface area contributed by atoms with Gasteiger partial charge in [0.2, 0.25) is 0 Å². The van der Waals surface area contributed by atoms with E-state index in [-0.39, 0.29) is 11.9 Å². The van der Waals surface area contributed by atoms with Gasteiger partial charge in [0, 0.05) is 16.1 Å². The molecule has 1 amide bonds. The first kappa shape index (κ1) is 11.9. The molecule has 17 heavy (non-hydrogen) atoms. The lowest BCUT2D eigenvalue weighted by Gasteiger charge is -2.10. The number of thiophene rings is 1. The highest BCUT2D eigenvalue weighted by Gasteiger charge is 2.16. The van der Waals surface area contributed by atoms with Gasteiger partial charge in [0.1, 0.15) is 4.88 Å². The van der Waals surface area contributed by atoms with Gasteiger partial charge in [-0.05, 0) is 19.4 Å². The Bertz CT molecular complexity index is 547. The van der Waals surface area contributed by atoms with Crippen molar-refractivity contribution in [3.05, 3.63) is 29.1 Å². The monoisotopic (exact) mass is 248 g/mol. The highest BCUT2D eigenvalue weighted by atomic mass is 32.1. The van der Waals surface area contributed by atoms with Crippen molar-refractivity contribution in [2.45, 2.75) is 26.3 Å². The molecule has 2 rings (SSSR count). The zero-order valence-corrected chi connectivity index (χ0v) is 10.8. The van der Waals surface area contributed by atoms with Crippen molar-refractivity contribution in [2.24, 2.45) is 0 Å². The van der Waals surface area contributed by atoms with Crippen molar-refractivity contribution >= 4 is 33.0 Å². The summed E-state index contributed by atoms with van der Waals surface area (Å²) in [7, 11) is 0. The number of nitrogens with one attached hydrogen (secondary N) is 1. The van der Waals surface area contributed by atoms with E-state index in [2.05, 4.69) is 5.32 Å². The second kappa shape index (κ2) is 4.75. The molecule has 90 valence electrons. The van der Waals surface area contributed by atoms with E-state index in [4.69, 9.17) is 5.73 Å². The quantitative estimate of drug-likeness (QED) is 0.877. The average Bonchev–Trinajstić information content (AvgIpc) is 2.67. The summed E-state index contributed by atoms with van der Waals surface area (Å²) in [6.07, 6.45) is 0.913. The van der Waals surface area contributed by atoms with Gasteiger partial charge in [-0.3, -0.25) is 4.79 Å². The van der Waals surface area contributed by atoms with Crippen molar-refractivity contribution in [1.82, 2.24) is 5.32 Å². The molecule has 3 nitrogen and oxygen atoms in total. The third-order valence-corrected chi connectivity index (χ3v) is 4.02. The van der Waals surface area contributed by atoms with Crippen LogP contribution in [-0.2, 0) is 0 Å². The Morgan fingerprint density at radius 2 is 2.18 bits per heavy atom. The summed E-state index contributed by atoms with van der Waals surface area (Å²) < 4.78 is 1.05. The Morgan fingerprint density at radius 1 is 1.47 bits per heavy atom. The van der Waals surface area contributed by atoms with Crippen molar-refractivity contribution in [3.63, 3.8) is 0 Å². The summed E-state index contributed by atoms with van der Waals surface area (Å²) in [5.41, 5.74) is 6.60. The summed E-state index contributed by atoms with van der Waals surface area (Å²) >= 11 is 1.45. The van der Waals surface area contributed by atoms with Crippen LogP contribution in [0.2, 0.25) is 0 Å². The molecule has 1 heterocycles. The van der Waals surface area contributed by atoms with Gasteiger partial charge in [0.05, 0.1) is 5.69 Å². The third-order valence-electron chi connectivity index (χ3n) is 2.83. The lowest BCUT2D eigenvalue weighted by molar-refractivity contribution is 0.0944. The minimum Gasteiger partial charge on any atom is -0.397 e. The summed E-state index contributed by atoms with van der Waals surface area (Å²) in [4.78, 5) is 12.6. The fourth-order valence-corrected chi connectivity index (χ4v) is 2.65. The van der Waals surface area contributed by atoms with E-state index >= 15 is 0 Å². The number of carbonyl (C=O) groups excluding carboxylic acids is 1. The number of rotatable bonds is 3. The first-order chi connectivity index (χ1) is 8.13. The molecule has 4 heteroatoms. The number of amides is 1. The van der Waals surface area contributed by atoms with Crippen LogP contribution in [-0.4, -0.2) is 11.9 Å². The topological polar surface area (TPSA) is 55.1 Å². The zero-order chi connectivity index (χ0) is 12.4. The molecule has 1 atom stereocenters. The molecule has 0 saturated heterocycles. The number of fused-ring (bicyclic) bond motifs is 1. The van der Waals surface area contributed by atoms with E-state index in [1.165, 1.54) is 11.3 Å². The lowest BCUT2D eigenvalue weighted by atomic mass is 10.2. The van der Waals surface area contributed by atoms with E-state index < -0.39 is 0 Å². The second-order valence-electron chi connectivity index (χ2n) is 4.12. The van der Waals surface area contributed by atoms with Crippen LogP contribution in [0.25, 0.3) is 10.1 Å². The van der Waals surface area contributed by atoms with Gasteiger partial charge in [-0.25, -0.2) is 0 Å². The van der Waals surface area contributed by atoms with Gasteiger partial charge in [-0.15, -0.1) is 11.3 Å². The highest BCUT2D eigenvalue weighted by molar-refractivity contribution is 7.21. The normalized spacial score (nSPS) is 12.6. The highest BCUT2D eigenvalue weighted by Crippen LogP contribution is 2.33. The molecule has 1 unspecified atom stereocenters. The molecule has 0 radical (unpaired) electrons. The van der Waals surface area contributed by atoms with Crippen molar-refractivity contribution in [1.29, 1.82) is 0 Å². The number of benzene rings is 1. The summed E-state index contributed by atoms with van der Waals surface area (Å²) in [6, 6.07) is 7.99. The number of anilines is 1. The van der Waals surface area contributed by atoms with Crippen molar-refractivity contribution in [2.75, 3.05) is 5.73 Å². The second-order valence-corrected chi connectivity index (χ2v) is 5.18.